The maximum absolute atomic E-state index is 12.9. The summed E-state index contributed by atoms with van der Waals surface area (Å²) in [6.45, 7) is 5.48. The molecule has 1 N–H and O–H groups in total. The third-order valence-electron chi connectivity index (χ3n) is 5.64. The lowest BCUT2D eigenvalue weighted by molar-refractivity contribution is 0.0927. The van der Waals surface area contributed by atoms with Crippen molar-refractivity contribution in [3.63, 3.8) is 0 Å². The molecule has 0 bridgehead atoms. The Morgan fingerprint density at radius 2 is 2.04 bits per heavy atom. The van der Waals surface area contributed by atoms with Crippen molar-refractivity contribution in [2.75, 3.05) is 7.11 Å². The highest BCUT2D eigenvalue weighted by Gasteiger charge is 2.33. The van der Waals surface area contributed by atoms with Crippen LogP contribution in [-0.4, -0.2) is 28.6 Å². The first kappa shape index (κ1) is 18.7. The number of nitrogens with one attached hydrogen (secondary N) is 1. The Morgan fingerprint density at radius 1 is 1.25 bits per heavy atom. The van der Waals surface area contributed by atoms with Gasteiger partial charge in [-0.1, -0.05) is 12.1 Å². The minimum Gasteiger partial charge on any atom is -0.380 e. The van der Waals surface area contributed by atoms with E-state index in [2.05, 4.69) is 40.8 Å². The molecule has 1 aliphatic rings. The second-order valence-electron chi connectivity index (χ2n) is 7.87. The van der Waals surface area contributed by atoms with E-state index >= 15 is 0 Å². The number of carbonyl (C=O) groups excluding carboxylic acids is 1. The number of nitrogens with zero attached hydrogens (tertiary/aromatic N) is 2. The zero-order valence-electron chi connectivity index (χ0n) is 16.7. The van der Waals surface area contributed by atoms with E-state index in [1.165, 1.54) is 24.0 Å². The number of fused-ring (bicyclic) bond motifs is 1. The molecule has 4 rings (SSSR count). The third-order valence-corrected chi connectivity index (χ3v) is 5.64. The van der Waals surface area contributed by atoms with Crippen LogP contribution in [0.1, 0.15) is 39.9 Å². The number of aryl methyl sites for hydroxylation is 2. The second-order valence-corrected chi connectivity index (χ2v) is 7.87. The summed E-state index contributed by atoms with van der Waals surface area (Å²) in [5.41, 5.74) is 6.34. The van der Waals surface area contributed by atoms with Crippen LogP contribution >= 0.6 is 0 Å². The number of imidazole rings is 1. The highest BCUT2D eigenvalue weighted by atomic mass is 16.5. The van der Waals surface area contributed by atoms with Crippen molar-refractivity contribution in [3.05, 3.63) is 65.0 Å². The van der Waals surface area contributed by atoms with Crippen LogP contribution in [0.5, 0.6) is 0 Å². The fraction of sp³-hybridized carbons (Fsp3) is 0.391. The van der Waals surface area contributed by atoms with E-state index in [1.54, 1.807) is 7.11 Å². The molecule has 1 saturated carbocycles. The van der Waals surface area contributed by atoms with Crippen molar-refractivity contribution in [3.8, 4) is 0 Å². The molecule has 0 saturated heterocycles. The van der Waals surface area contributed by atoms with Gasteiger partial charge in [-0.05, 0) is 73.6 Å². The SMILES string of the molecule is COCc1cccc(C(=O)NC(Cn2cnc3cc(C)c(C)cc32)C2CC2)c1. The first-order chi connectivity index (χ1) is 13.5. The summed E-state index contributed by atoms with van der Waals surface area (Å²) in [6, 6.07) is 12.1. The van der Waals surface area contributed by atoms with Crippen molar-refractivity contribution in [2.24, 2.45) is 5.92 Å². The quantitative estimate of drug-likeness (QED) is 0.677. The van der Waals surface area contributed by atoms with Gasteiger partial charge in [0.1, 0.15) is 0 Å². The second kappa shape index (κ2) is 7.76. The zero-order chi connectivity index (χ0) is 19.7. The Labute approximate surface area is 165 Å². The summed E-state index contributed by atoms with van der Waals surface area (Å²) in [5, 5.41) is 3.27. The molecule has 0 spiro atoms. The average molecular weight is 377 g/mol. The fourth-order valence-corrected chi connectivity index (χ4v) is 3.70. The first-order valence-electron chi connectivity index (χ1n) is 9.86. The van der Waals surface area contributed by atoms with Gasteiger partial charge < -0.3 is 14.6 Å². The molecule has 28 heavy (non-hydrogen) atoms. The van der Waals surface area contributed by atoms with Crippen LogP contribution in [0.4, 0.5) is 0 Å². The molecule has 5 nitrogen and oxygen atoms in total. The van der Waals surface area contributed by atoms with Gasteiger partial charge in [0.15, 0.2) is 0 Å². The Morgan fingerprint density at radius 3 is 2.79 bits per heavy atom. The summed E-state index contributed by atoms with van der Waals surface area (Å²) in [5.74, 6) is 0.515. The normalized spacial score (nSPS) is 15.0. The monoisotopic (exact) mass is 377 g/mol. The Balaban J connectivity index is 1.53. The van der Waals surface area contributed by atoms with Gasteiger partial charge in [0, 0.05) is 25.3 Å². The molecular formula is C23H27N3O2. The third kappa shape index (κ3) is 3.94. The molecule has 2 aromatic carbocycles. The van der Waals surface area contributed by atoms with Crippen LogP contribution in [0.15, 0.2) is 42.7 Å². The van der Waals surface area contributed by atoms with Crippen molar-refractivity contribution in [1.82, 2.24) is 14.9 Å². The molecule has 0 aliphatic heterocycles. The van der Waals surface area contributed by atoms with Gasteiger partial charge in [-0.3, -0.25) is 4.79 Å². The van der Waals surface area contributed by atoms with E-state index in [4.69, 9.17) is 4.74 Å². The number of aromatic nitrogens is 2. The lowest BCUT2D eigenvalue weighted by Crippen LogP contribution is -2.39. The van der Waals surface area contributed by atoms with Crippen LogP contribution < -0.4 is 5.32 Å². The zero-order valence-corrected chi connectivity index (χ0v) is 16.7. The predicted molar refractivity (Wildman–Crippen MR) is 110 cm³/mol. The molecule has 5 heteroatoms. The lowest BCUT2D eigenvalue weighted by Gasteiger charge is -2.20. The molecule has 1 unspecified atom stereocenters. The smallest absolute Gasteiger partial charge is 0.251 e. The Hall–Kier alpha value is -2.66. The molecule has 146 valence electrons. The molecule has 1 amide bonds. The van der Waals surface area contributed by atoms with Gasteiger partial charge in [-0.15, -0.1) is 0 Å². The standard InChI is InChI=1S/C23H27N3O2/c1-15-9-20-22(10-16(15)2)26(14-24-20)12-21(18-7-8-18)25-23(27)19-6-4-5-17(11-19)13-28-3/h4-6,9-11,14,18,21H,7-8,12-13H2,1-3H3,(H,25,27). The summed E-state index contributed by atoms with van der Waals surface area (Å²) in [6.07, 6.45) is 4.23. The van der Waals surface area contributed by atoms with Crippen molar-refractivity contribution in [1.29, 1.82) is 0 Å². The average Bonchev–Trinajstić information content (AvgIpc) is 3.46. The number of ether oxygens (including phenoxy) is 1. The van der Waals surface area contributed by atoms with Crippen LogP contribution in [-0.2, 0) is 17.9 Å². The molecule has 1 fully saturated rings. The molecular weight excluding hydrogens is 350 g/mol. The van der Waals surface area contributed by atoms with E-state index < -0.39 is 0 Å². The summed E-state index contributed by atoms with van der Waals surface area (Å²) >= 11 is 0. The topological polar surface area (TPSA) is 56.1 Å². The summed E-state index contributed by atoms with van der Waals surface area (Å²) < 4.78 is 7.35. The van der Waals surface area contributed by atoms with Crippen LogP contribution in [0.25, 0.3) is 11.0 Å². The van der Waals surface area contributed by atoms with Crippen molar-refractivity contribution in [2.45, 2.75) is 45.9 Å². The maximum atomic E-state index is 12.9. The van der Waals surface area contributed by atoms with E-state index in [0.717, 1.165) is 23.1 Å². The van der Waals surface area contributed by atoms with Crippen molar-refractivity contribution < 1.29 is 9.53 Å². The minimum atomic E-state index is -0.0219. The van der Waals surface area contributed by atoms with Gasteiger partial charge in [0.05, 0.1) is 24.0 Å². The molecule has 1 atom stereocenters. The lowest BCUT2D eigenvalue weighted by atomic mass is 10.1. The van der Waals surface area contributed by atoms with Crippen molar-refractivity contribution >= 4 is 16.9 Å². The van der Waals surface area contributed by atoms with Gasteiger partial charge in [-0.2, -0.15) is 0 Å². The number of carbonyl (C=O) groups is 1. The number of amides is 1. The van der Waals surface area contributed by atoms with Gasteiger partial charge in [-0.25, -0.2) is 4.98 Å². The van der Waals surface area contributed by atoms with E-state index in [0.29, 0.717) is 18.1 Å². The number of methoxy groups -OCH3 is 1. The molecule has 1 aromatic heterocycles. The largest absolute Gasteiger partial charge is 0.380 e. The molecule has 1 aliphatic carbocycles. The number of rotatable bonds is 7. The molecule has 1 heterocycles. The first-order valence-corrected chi connectivity index (χ1v) is 9.86. The van der Waals surface area contributed by atoms with E-state index in [-0.39, 0.29) is 11.9 Å². The fourth-order valence-electron chi connectivity index (χ4n) is 3.70. The maximum Gasteiger partial charge on any atom is 0.251 e. The highest BCUT2D eigenvalue weighted by Crippen LogP contribution is 2.34. The number of benzene rings is 2. The highest BCUT2D eigenvalue weighted by molar-refractivity contribution is 5.94. The van der Waals surface area contributed by atoms with Gasteiger partial charge in [0.2, 0.25) is 0 Å². The van der Waals surface area contributed by atoms with E-state index in [1.807, 2.05) is 30.6 Å². The van der Waals surface area contributed by atoms with Crippen LogP contribution in [0.2, 0.25) is 0 Å². The molecule has 3 aromatic rings. The summed E-state index contributed by atoms with van der Waals surface area (Å²) in [4.78, 5) is 17.4. The van der Waals surface area contributed by atoms with E-state index in [9.17, 15) is 4.79 Å². The summed E-state index contributed by atoms with van der Waals surface area (Å²) in [7, 11) is 1.66. The number of hydrogen-bond donors (Lipinski definition) is 1. The van der Waals surface area contributed by atoms with Crippen LogP contribution in [0.3, 0.4) is 0 Å². The Kier molecular flexibility index (Phi) is 5.18. The predicted octanol–water partition coefficient (Wildman–Crippen LogP) is 4.01. The Bertz CT molecular complexity index is 1000. The number of hydrogen-bond acceptors (Lipinski definition) is 3. The van der Waals surface area contributed by atoms with Gasteiger partial charge in [0.25, 0.3) is 5.91 Å². The van der Waals surface area contributed by atoms with Gasteiger partial charge >= 0.3 is 0 Å². The van der Waals surface area contributed by atoms with Crippen LogP contribution in [0, 0.1) is 19.8 Å². The molecule has 0 radical (unpaired) electrons. The minimum absolute atomic E-state index is 0.0219.